The van der Waals surface area contributed by atoms with Crippen molar-refractivity contribution in [3.05, 3.63) is 265 Å². The largest absolute Gasteiger partial charge is 0.379 e. The molecule has 506 valence electrons. The minimum atomic E-state index is -0.394. The Kier molecular flexibility index (Phi) is 20.8. The monoisotopic (exact) mass is 1410 g/mol. The standard InChI is InChI=1S/C28H24ClFN6O.C27H24ClFN6.C24H14ClFN4/c29-22-3-4-26(30)25(13-22)27-14-24(23-2-1-5-32-28(23)34-27)20-12-19(15-31-16-20)21-17-33-36(18-21)7-6-35-8-10-37-11-9-35;1-34(2)9-4-10-35-17-20(16-32-35)18-11-19(15-30-14-18)23-13-26(24-12-21(28)6-7-25(24)29)33-27-22(23)5-3-8-31-27;25-18-3-4-22(26)21(11-18)23-12-20(19-2-1-7-29-24(19)30-23)17-10-16(13-28-14-17)15-5-8-27-9-6-15/h1-5,12-18H,6-11H2;3,5-8,11-17H,4,9-10H2,1-2H3;1-14H. The molecule has 0 saturated carbocycles. The fraction of sp³-hybridized carbons (Fsp3) is 0.139. The van der Waals surface area contributed by atoms with Crippen LogP contribution in [0.1, 0.15) is 6.42 Å². The van der Waals surface area contributed by atoms with Crippen molar-refractivity contribution in [2.24, 2.45) is 0 Å². The van der Waals surface area contributed by atoms with E-state index in [0.29, 0.717) is 65.8 Å². The van der Waals surface area contributed by atoms with Gasteiger partial charge in [-0.3, -0.25) is 34.2 Å². The Morgan fingerprint density at radius 1 is 0.392 bits per heavy atom. The van der Waals surface area contributed by atoms with Gasteiger partial charge < -0.3 is 9.64 Å². The van der Waals surface area contributed by atoms with Crippen LogP contribution >= 0.6 is 34.8 Å². The number of rotatable bonds is 16. The lowest BCUT2D eigenvalue weighted by molar-refractivity contribution is 0.0360. The Morgan fingerprint density at radius 2 is 0.784 bits per heavy atom. The average molecular weight is 1410 g/mol. The summed E-state index contributed by atoms with van der Waals surface area (Å²) < 4.78 is 53.3. The van der Waals surface area contributed by atoms with Crippen molar-refractivity contribution < 1.29 is 17.9 Å². The molecule has 0 unspecified atom stereocenters. The molecular formula is C79H62Cl3F3N16O. The third-order valence-corrected chi connectivity index (χ3v) is 17.9. The van der Waals surface area contributed by atoms with E-state index in [1.165, 1.54) is 36.4 Å². The molecule has 1 fully saturated rings. The van der Waals surface area contributed by atoms with E-state index in [2.05, 4.69) is 96.1 Å². The highest BCUT2D eigenvalue weighted by atomic mass is 35.5. The van der Waals surface area contributed by atoms with Crippen LogP contribution in [0.25, 0.3) is 134 Å². The zero-order chi connectivity index (χ0) is 70.1. The zero-order valence-corrected chi connectivity index (χ0v) is 57.4. The second kappa shape index (κ2) is 31.2. The quantitative estimate of drug-likeness (QED) is 0.0891. The molecule has 3 aromatic carbocycles. The van der Waals surface area contributed by atoms with Crippen molar-refractivity contribution in [3.63, 3.8) is 0 Å². The summed E-state index contributed by atoms with van der Waals surface area (Å²) in [4.78, 5) is 49.1. The van der Waals surface area contributed by atoms with E-state index < -0.39 is 17.5 Å². The summed E-state index contributed by atoms with van der Waals surface area (Å²) in [6, 6.07) is 40.4. The maximum Gasteiger partial charge on any atom is 0.160 e. The molecule has 0 radical (unpaired) electrons. The third-order valence-electron chi connectivity index (χ3n) is 17.2. The van der Waals surface area contributed by atoms with Crippen LogP contribution < -0.4 is 0 Å². The molecule has 16 rings (SSSR count). The number of hydrogen-bond donors (Lipinski definition) is 0. The number of morpholine rings is 1. The Hall–Kier alpha value is -11.1. The minimum absolute atomic E-state index is 0.326. The Balaban J connectivity index is 0.000000130. The van der Waals surface area contributed by atoms with Crippen LogP contribution in [0.3, 0.4) is 0 Å². The van der Waals surface area contributed by atoms with Crippen LogP contribution in [0.2, 0.25) is 15.1 Å². The molecule has 102 heavy (non-hydrogen) atoms. The molecule has 15 aromatic rings. The fourth-order valence-corrected chi connectivity index (χ4v) is 12.6. The normalized spacial score (nSPS) is 12.4. The maximum absolute atomic E-state index is 14.7. The van der Waals surface area contributed by atoms with Gasteiger partial charge in [-0.15, -0.1) is 0 Å². The van der Waals surface area contributed by atoms with Crippen LogP contribution in [-0.2, 0) is 17.8 Å². The molecule has 1 aliphatic heterocycles. The lowest BCUT2D eigenvalue weighted by Crippen LogP contribution is -2.38. The second-order valence-corrected chi connectivity index (χ2v) is 25.7. The first kappa shape index (κ1) is 68.1. The summed E-state index contributed by atoms with van der Waals surface area (Å²) in [6.45, 7) is 7.07. The first-order valence-corrected chi connectivity index (χ1v) is 33.8. The highest BCUT2D eigenvalue weighted by Crippen LogP contribution is 2.39. The van der Waals surface area contributed by atoms with Gasteiger partial charge in [0.15, 0.2) is 16.9 Å². The van der Waals surface area contributed by atoms with Gasteiger partial charge in [0.05, 0.1) is 49.2 Å². The van der Waals surface area contributed by atoms with E-state index in [0.717, 1.165) is 142 Å². The number of ether oxygens (including phenoxy) is 1. The van der Waals surface area contributed by atoms with E-state index >= 15 is 0 Å². The summed E-state index contributed by atoms with van der Waals surface area (Å²) >= 11 is 18.4. The molecule has 0 spiro atoms. The zero-order valence-electron chi connectivity index (χ0n) is 55.1. The predicted molar refractivity (Wildman–Crippen MR) is 396 cm³/mol. The number of nitrogens with zero attached hydrogens (tertiary/aromatic N) is 16. The van der Waals surface area contributed by atoms with E-state index in [9.17, 15) is 13.2 Å². The molecule has 0 bridgehead atoms. The maximum atomic E-state index is 14.7. The smallest absolute Gasteiger partial charge is 0.160 e. The predicted octanol–water partition coefficient (Wildman–Crippen LogP) is 17.5. The molecule has 12 aromatic heterocycles. The molecule has 0 aliphatic carbocycles. The summed E-state index contributed by atoms with van der Waals surface area (Å²) in [7, 11) is 4.13. The van der Waals surface area contributed by atoms with Gasteiger partial charge in [-0.2, -0.15) is 10.2 Å². The van der Waals surface area contributed by atoms with E-state index in [1.54, 1.807) is 74.0 Å². The van der Waals surface area contributed by atoms with Gasteiger partial charge >= 0.3 is 0 Å². The lowest BCUT2D eigenvalue weighted by atomic mass is 9.98. The van der Waals surface area contributed by atoms with Crippen LogP contribution in [0.4, 0.5) is 13.2 Å². The van der Waals surface area contributed by atoms with E-state index in [-0.39, 0.29) is 0 Å². The first-order chi connectivity index (χ1) is 49.8. The van der Waals surface area contributed by atoms with E-state index in [4.69, 9.17) is 39.5 Å². The lowest BCUT2D eigenvalue weighted by Gasteiger charge is -2.26. The van der Waals surface area contributed by atoms with Crippen LogP contribution in [0.5, 0.6) is 0 Å². The van der Waals surface area contributed by atoms with E-state index in [1.807, 2.05) is 119 Å². The molecule has 1 aliphatic rings. The first-order valence-electron chi connectivity index (χ1n) is 32.7. The second-order valence-electron chi connectivity index (χ2n) is 24.4. The number of aromatic nitrogens is 14. The molecule has 13 heterocycles. The Morgan fingerprint density at radius 3 is 1.20 bits per heavy atom. The van der Waals surface area contributed by atoms with Gasteiger partial charge in [-0.25, -0.2) is 43.1 Å². The number of hydrogen-bond acceptors (Lipinski definition) is 15. The number of pyridine rings is 10. The average Bonchev–Trinajstić information content (AvgIpc) is 0.866. The summed E-state index contributed by atoms with van der Waals surface area (Å²) in [6.07, 6.45) is 28.2. The van der Waals surface area contributed by atoms with Crippen LogP contribution in [-0.4, -0.2) is 133 Å². The van der Waals surface area contributed by atoms with Crippen molar-refractivity contribution in [2.75, 3.05) is 53.5 Å². The molecule has 23 heteroatoms. The van der Waals surface area contributed by atoms with Gasteiger partial charge in [0.1, 0.15) is 17.5 Å². The van der Waals surface area contributed by atoms with Crippen molar-refractivity contribution in [3.8, 4) is 101 Å². The Labute approximate surface area is 600 Å². The summed E-state index contributed by atoms with van der Waals surface area (Å²) in [5.74, 6) is -1.18. The minimum Gasteiger partial charge on any atom is -0.379 e. The molecule has 0 amide bonds. The van der Waals surface area contributed by atoms with Gasteiger partial charge in [0, 0.05) is 199 Å². The molecule has 0 N–H and O–H groups in total. The molecule has 1 saturated heterocycles. The number of fused-ring (bicyclic) bond motifs is 3. The number of aryl methyl sites for hydroxylation is 1. The van der Waals surface area contributed by atoms with Gasteiger partial charge in [-0.1, -0.05) is 34.8 Å². The number of halogens is 6. The molecule has 17 nitrogen and oxygen atoms in total. The van der Waals surface area contributed by atoms with Gasteiger partial charge in [0.25, 0.3) is 0 Å². The van der Waals surface area contributed by atoms with Crippen molar-refractivity contribution in [2.45, 2.75) is 19.5 Å². The van der Waals surface area contributed by atoms with Crippen molar-refractivity contribution in [1.29, 1.82) is 0 Å². The highest BCUT2D eigenvalue weighted by Gasteiger charge is 2.20. The van der Waals surface area contributed by atoms with Crippen molar-refractivity contribution in [1.82, 2.24) is 79.2 Å². The van der Waals surface area contributed by atoms with Crippen molar-refractivity contribution >= 4 is 67.9 Å². The molecular weight excluding hydrogens is 1350 g/mol. The highest BCUT2D eigenvalue weighted by molar-refractivity contribution is 6.31. The molecule has 0 atom stereocenters. The van der Waals surface area contributed by atoms with Gasteiger partial charge in [-0.05, 0) is 189 Å². The van der Waals surface area contributed by atoms with Crippen LogP contribution in [0, 0.1) is 17.5 Å². The fourth-order valence-electron chi connectivity index (χ4n) is 12.1. The van der Waals surface area contributed by atoms with Gasteiger partial charge in [0.2, 0.25) is 0 Å². The number of benzene rings is 3. The topological polar surface area (TPSA) is 180 Å². The SMILES string of the molecule is CN(C)CCCn1cc(-c2cncc(-c3cc(-c4cc(Cl)ccc4F)nc4ncccc34)c2)cn1.Fc1ccc(Cl)cc1-c1cc(-c2cncc(-c3ccncc3)c2)c2cccnc2n1.Fc1ccc(Cl)cc1-c1cc(-c2cncc(-c3cnn(CCN4CCOCC4)c3)c2)c2cccnc2n1. The third kappa shape index (κ3) is 15.9. The van der Waals surface area contributed by atoms with Crippen LogP contribution in [0.15, 0.2) is 232 Å². The summed E-state index contributed by atoms with van der Waals surface area (Å²) in [5, 5.41) is 13.0. The summed E-state index contributed by atoms with van der Waals surface area (Å²) in [5.41, 5.74) is 15.0. The Bertz CT molecular complexity index is 5510.